The van der Waals surface area contributed by atoms with Gasteiger partial charge < -0.3 is 5.11 Å². The Bertz CT molecular complexity index is 958. The van der Waals surface area contributed by atoms with Crippen LogP contribution < -0.4 is 0 Å². The van der Waals surface area contributed by atoms with Crippen molar-refractivity contribution < 1.29 is 18.7 Å². The van der Waals surface area contributed by atoms with E-state index >= 15 is 0 Å². The van der Waals surface area contributed by atoms with Crippen molar-refractivity contribution in [2.24, 2.45) is 0 Å². The van der Waals surface area contributed by atoms with E-state index in [-0.39, 0.29) is 17.9 Å². The molecule has 0 saturated heterocycles. The van der Waals surface area contributed by atoms with Crippen molar-refractivity contribution in [1.29, 1.82) is 0 Å². The SMILES string of the molecule is CCC(=O)c1ccc([C@@H](C)[C@@](O)(Cn2cncn2)c2ccc(F)cc2F)cc1. The van der Waals surface area contributed by atoms with Gasteiger partial charge in [-0.3, -0.25) is 4.79 Å². The number of ketones is 1. The molecule has 3 rings (SSSR count). The van der Waals surface area contributed by atoms with E-state index in [4.69, 9.17) is 0 Å². The fourth-order valence-corrected chi connectivity index (χ4v) is 3.29. The molecule has 3 aromatic rings. The molecule has 1 heterocycles. The predicted octanol–water partition coefficient (Wildman–Crippen LogP) is 3.84. The van der Waals surface area contributed by atoms with Gasteiger partial charge >= 0.3 is 0 Å². The molecule has 1 N–H and O–H groups in total. The summed E-state index contributed by atoms with van der Waals surface area (Å²) in [7, 11) is 0. The first-order valence-electron chi connectivity index (χ1n) is 8.98. The molecule has 2 atom stereocenters. The summed E-state index contributed by atoms with van der Waals surface area (Å²) in [6.45, 7) is 3.45. The van der Waals surface area contributed by atoms with Gasteiger partial charge in [-0.2, -0.15) is 5.10 Å². The smallest absolute Gasteiger partial charge is 0.162 e. The summed E-state index contributed by atoms with van der Waals surface area (Å²) in [5.74, 6) is -2.13. The number of hydrogen-bond donors (Lipinski definition) is 1. The lowest BCUT2D eigenvalue weighted by Gasteiger charge is -2.35. The average molecular weight is 385 g/mol. The lowest BCUT2D eigenvalue weighted by atomic mass is 9.77. The Morgan fingerprint density at radius 3 is 2.50 bits per heavy atom. The van der Waals surface area contributed by atoms with Crippen LogP contribution in [0.2, 0.25) is 0 Å². The van der Waals surface area contributed by atoms with E-state index in [9.17, 15) is 18.7 Å². The first kappa shape index (κ1) is 19.8. The highest BCUT2D eigenvalue weighted by atomic mass is 19.1. The summed E-state index contributed by atoms with van der Waals surface area (Å²) in [5, 5.41) is 15.6. The van der Waals surface area contributed by atoms with Crippen LogP contribution in [-0.4, -0.2) is 25.7 Å². The highest BCUT2D eigenvalue weighted by Gasteiger charge is 2.40. The third kappa shape index (κ3) is 3.84. The van der Waals surface area contributed by atoms with Gasteiger partial charge in [0.2, 0.25) is 0 Å². The van der Waals surface area contributed by atoms with Crippen LogP contribution >= 0.6 is 0 Å². The fourth-order valence-electron chi connectivity index (χ4n) is 3.29. The van der Waals surface area contributed by atoms with Gasteiger partial charge in [-0.1, -0.05) is 44.2 Å². The predicted molar refractivity (Wildman–Crippen MR) is 99.8 cm³/mol. The maximum Gasteiger partial charge on any atom is 0.162 e. The van der Waals surface area contributed by atoms with Crippen LogP contribution in [0.3, 0.4) is 0 Å². The number of carbonyl (C=O) groups excluding carboxylic acids is 1. The first-order chi connectivity index (χ1) is 13.3. The molecule has 0 bridgehead atoms. The lowest BCUT2D eigenvalue weighted by molar-refractivity contribution is -0.0112. The van der Waals surface area contributed by atoms with Crippen LogP contribution in [-0.2, 0) is 12.1 Å². The van der Waals surface area contributed by atoms with E-state index < -0.39 is 23.2 Å². The Kier molecular flexibility index (Phi) is 5.65. The van der Waals surface area contributed by atoms with E-state index in [0.29, 0.717) is 17.5 Å². The molecule has 5 nitrogen and oxygen atoms in total. The number of aromatic nitrogens is 3. The molecule has 0 fully saturated rings. The van der Waals surface area contributed by atoms with Crippen LogP contribution in [0, 0.1) is 11.6 Å². The van der Waals surface area contributed by atoms with Gasteiger partial charge in [0.15, 0.2) is 5.78 Å². The highest BCUT2D eigenvalue weighted by Crippen LogP contribution is 2.39. The van der Waals surface area contributed by atoms with Crippen molar-refractivity contribution in [2.45, 2.75) is 38.3 Å². The second-order valence-corrected chi connectivity index (χ2v) is 6.76. The molecule has 0 aliphatic rings. The number of benzene rings is 2. The summed E-state index contributed by atoms with van der Waals surface area (Å²) in [6.07, 6.45) is 3.13. The van der Waals surface area contributed by atoms with Crippen molar-refractivity contribution in [2.75, 3.05) is 0 Å². The fraction of sp³-hybridized carbons (Fsp3) is 0.286. The van der Waals surface area contributed by atoms with E-state index in [1.807, 2.05) is 0 Å². The van der Waals surface area contributed by atoms with Gasteiger partial charge in [0.05, 0.1) is 6.54 Å². The number of Topliss-reactive ketones (excluding diaryl/α,β-unsaturated/α-hetero) is 1. The summed E-state index contributed by atoms with van der Waals surface area (Å²) in [4.78, 5) is 15.7. The summed E-state index contributed by atoms with van der Waals surface area (Å²) in [6, 6.07) is 9.95. The van der Waals surface area contributed by atoms with E-state index in [1.165, 1.54) is 23.4 Å². The van der Waals surface area contributed by atoms with Gasteiger partial charge in [-0.05, 0) is 11.6 Å². The zero-order valence-corrected chi connectivity index (χ0v) is 15.6. The maximum absolute atomic E-state index is 14.6. The van der Waals surface area contributed by atoms with Gasteiger partial charge in [-0.25, -0.2) is 18.4 Å². The molecule has 2 aromatic carbocycles. The maximum atomic E-state index is 14.6. The average Bonchev–Trinajstić information content (AvgIpc) is 3.19. The minimum absolute atomic E-state index is 0.0154. The standard InChI is InChI=1S/C21H21F2N3O2/c1-3-20(27)16-6-4-15(5-7-16)14(2)21(28,11-26-13-24-12-25-26)18-9-8-17(22)10-19(18)23/h4-10,12-14,28H,3,11H2,1-2H3/t14-,21+/m1/s1. The van der Waals surface area contributed by atoms with E-state index in [2.05, 4.69) is 10.1 Å². The Hall–Kier alpha value is -2.93. The Labute approximate surface area is 161 Å². The summed E-state index contributed by atoms with van der Waals surface area (Å²) in [5.41, 5.74) is -0.474. The zero-order valence-electron chi connectivity index (χ0n) is 15.6. The lowest BCUT2D eigenvalue weighted by Crippen LogP contribution is -2.38. The van der Waals surface area contributed by atoms with E-state index in [1.54, 1.807) is 38.1 Å². The highest BCUT2D eigenvalue weighted by molar-refractivity contribution is 5.95. The first-order valence-corrected chi connectivity index (χ1v) is 8.98. The molecule has 7 heteroatoms. The molecule has 0 spiro atoms. The minimum Gasteiger partial charge on any atom is -0.382 e. The van der Waals surface area contributed by atoms with Crippen molar-refractivity contribution in [3.05, 3.63) is 83.4 Å². The largest absolute Gasteiger partial charge is 0.382 e. The Balaban J connectivity index is 2.04. The van der Waals surface area contributed by atoms with Crippen molar-refractivity contribution >= 4 is 5.78 Å². The summed E-state index contributed by atoms with van der Waals surface area (Å²) < 4.78 is 29.4. The molecule has 146 valence electrons. The Morgan fingerprint density at radius 2 is 1.93 bits per heavy atom. The number of halogens is 2. The van der Waals surface area contributed by atoms with E-state index in [0.717, 1.165) is 12.1 Å². The number of aliphatic hydroxyl groups is 1. The molecule has 28 heavy (non-hydrogen) atoms. The second kappa shape index (κ2) is 7.98. The molecular weight excluding hydrogens is 364 g/mol. The van der Waals surface area contributed by atoms with Crippen LogP contribution in [0.15, 0.2) is 55.1 Å². The molecule has 0 radical (unpaired) electrons. The third-order valence-electron chi connectivity index (χ3n) is 5.04. The molecule has 0 unspecified atom stereocenters. The molecule has 1 aromatic heterocycles. The normalized spacial score (nSPS) is 14.5. The second-order valence-electron chi connectivity index (χ2n) is 6.76. The van der Waals surface area contributed by atoms with Crippen LogP contribution in [0.1, 0.15) is 47.7 Å². The third-order valence-corrected chi connectivity index (χ3v) is 5.04. The van der Waals surface area contributed by atoms with Gasteiger partial charge in [0.1, 0.15) is 29.9 Å². The summed E-state index contributed by atoms with van der Waals surface area (Å²) >= 11 is 0. The Morgan fingerprint density at radius 1 is 1.21 bits per heavy atom. The van der Waals surface area contributed by atoms with Gasteiger partial charge in [0, 0.05) is 29.5 Å². The molecular formula is C21H21F2N3O2. The number of nitrogens with zero attached hydrogens (tertiary/aromatic N) is 3. The van der Waals surface area contributed by atoms with Crippen molar-refractivity contribution in [3.63, 3.8) is 0 Å². The topological polar surface area (TPSA) is 68.0 Å². The molecule has 0 aliphatic carbocycles. The number of hydrogen-bond acceptors (Lipinski definition) is 4. The number of rotatable bonds is 7. The molecule has 0 amide bonds. The monoisotopic (exact) mass is 385 g/mol. The van der Waals surface area contributed by atoms with Crippen LogP contribution in [0.4, 0.5) is 8.78 Å². The van der Waals surface area contributed by atoms with Crippen LogP contribution in [0.5, 0.6) is 0 Å². The molecule has 0 aliphatic heterocycles. The zero-order chi connectivity index (χ0) is 20.3. The van der Waals surface area contributed by atoms with Gasteiger partial charge in [-0.15, -0.1) is 0 Å². The van der Waals surface area contributed by atoms with Gasteiger partial charge in [0.25, 0.3) is 0 Å². The number of carbonyl (C=O) groups is 1. The van der Waals surface area contributed by atoms with Crippen molar-refractivity contribution in [1.82, 2.24) is 14.8 Å². The van der Waals surface area contributed by atoms with Crippen LogP contribution in [0.25, 0.3) is 0 Å². The quantitative estimate of drug-likeness (QED) is 0.628. The molecule has 0 saturated carbocycles. The van der Waals surface area contributed by atoms with Crippen molar-refractivity contribution in [3.8, 4) is 0 Å². The minimum atomic E-state index is -1.72.